The van der Waals surface area contributed by atoms with Gasteiger partial charge in [-0.25, -0.2) is 0 Å². The molecule has 0 aromatic heterocycles. The second-order valence-electron chi connectivity index (χ2n) is 10.8. The number of hydrogen-bond donors (Lipinski definition) is 0. The Balaban J connectivity index is 2.41. The molecule has 192 valence electrons. The van der Waals surface area contributed by atoms with E-state index in [1.807, 2.05) is 53.7 Å². The summed E-state index contributed by atoms with van der Waals surface area (Å²) in [4.78, 5) is 13.6. The minimum absolute atomic E-state index is 0.431. The standard InChI is InChI=1S/C28H34N2O6/c1-27(2,3)29(31)17-13-11-15-19-20-16(23(33-7)25(35-9)21(17)19)12-14-18(30(32)28(4,5)6)22(20)26(36-10)24(15)34-8/h11-14H,1-10H3. The van der Waals surface area contributed by atoms with Crippen molar-refractivity contribution >= 4 is 43.7 Å². The molecule has 0 heterocycles. The van der Waals surface area contributed by atoms with Crippen molar-refractivity contribution in [3.05, 3.63) is 34.4 Å². The average molecular weight is 495 g/mol. The average Bonchev–Trinajstić information content (AvgIpc) is 2.83. The Labute approximate surface area is 211 Å². The molecule has 36 heavy (non-hydrogen) atoms. The van der Waals surface area contributed by atoms with Crippen LogP contribution in [0.5, 0.6) is 23.0 Å². The minimum atomic E-state index is -0.716. The first kappa shape index (κ1) is 25.6. The van der Waals surface area contributed by atoms with Crippen LogP contribution in [0.1, 0.15) is 41.5 Å². The first-order valence-electron chi connectivity index (χ1n) is 11.8. The molecule has 4 aromatic carbocycles. The third kappa shape index (κ3) is 3.54. The fourth-order valence-corrected chi connectivity index (χ4v) is 4.87. The van der Waals surface area contributed by atoms with E-state index in [9.17, 15) is 10.1 Å². The van der Waals surface area contributed by atoms with Crippen LogP contribution in [0.3, 0.4) is 0 Å². The number of anilines is 1. The predicted octanol–water partition coefficient (Wildman–Crippen LogP) is 6.93. The Morgan fingerprint density at radius 3 is 1.56 bits per heavy atom. The summed E-state index contributed by atoms with van der Waals surface area (Å²) in [5, 5.41) is 18.7. The Bertz CT molecular complexity index is 1480. The first-order valence-corrected chi connectivity index (χ1v) is 11.8. The third-order valence-corrected chi connectivity index (χ3v) is 6.45. The topological polar surface area (TPSA) is 83.3 Å². The van der Waals surface area contributed by atoms with Gasteiger partial charge >= 0.3 is 0 Å². The molecule has 0 saturated heterocycles. The summed E-state index contributed by atoms with van der Waals surface area (Å²) in [6, 6.07) is 7.23. The summed E-state index contributed by atoms with van der Waals surface area (Å²) in [5.74, 6) is 1.81. The lowest BCUT2D eigenvalue weighted by Gasteiger charge is -2.44. The highest BCUT2D eigenvalue weighted by Gasteiger charge is 2.37. The van der Waals surface area contributed by atoms with Crippen LogP contribution in [0.25, 0.3) is 32.3 Å². The smallest absolute Gasteiger partial charge is 0.268 e. The predicted molar refractivity (Wildman–Crippen MR) is 145 cm³/mol. The number of hydrogen-bond acceptors (Lipinski definition) is 7. The third-order valence-electron chi connectivity index (χ3n) is 6.45. The van der Waals surface area contributed by atoms with Gasteiger partial charge in [-0.2, -0.15) is 0 Å². The summed E-state index contributed by atoms with van der Waals surface area (Å²) < 4.78 is 24.5. The van der Waals surface area contributed by atoms with Gasteiger partial charge in [0, 0.05) is 69.3 Å². The molecule has 0 spiro atoms. The fraction of sp³-hybridized carbons (Fsp3) is 0.429. The van der Waals surface area contributed by atoms with E-state index in [0.717, 1.165) is 31.4 Å². The van der Waals surface area contributed by atoms with Crippen molar-refractivity contribution in [1.82, 2.24) is 0 Å². The number of benzene rings is 4. The maximum atomic E-state index is 13.6. The molecule has 0 atom stereocenters. The molecule has 0 radical (unpaired) electrons. The molecule has 0 saturated carbocycles. The summed E-state index contributed by atoms with van der Waals surface area (Å²) in [6.45, 7) is 11.1. The molecule has 0 unspecified atom stereocenters. The molecule has 0 aliphatic carbocycles. The lowest BCUT2D eigenvalue weighted by molar-refractivity contribution is -0.538. The Kier molecular flexibility index (Phi) is 6.07. The lowest BCUT2D eigenvalue weighted by atomic mass is 9.89. The number of methoxy groups -OCH3 is 4. The van der Waals surface area contributed by atoms with Gasteiger partial charge in [0.05, 0.1) is 33.8 Å². The van der Waals surface area contributed by atoms with Crippen molar-refractivity contribution < 1.29 is 23.7 Å². The van der Waals surface area contributed by atoms with Crippen LogP contribution in [-0.4, -0.2) is 44.3 Å². The fourth-order valence-electron chi connectivity index (χ4n) is 4.87. The normalized spacial score (nSPS) is 12.4. The molecule has 4 rings (SSSR count). The van der Waals surface area contributed by atoms with E-state index < -0.39 is 11.1 Å². The van der Waals surface area contributed by atoms with Crippen molar-refractivity contribution in [2.45, 2.75) is 52.6 Å². The van der Waals surface area contributed by atoms with E-state index in [2.05, 4.69) is 0 Å². The van der Waals surface area contributed by atoms with Crippen LogP contribution in [-0.2, 0) is 0 Å². The van der Waals surface area contributed by atoms with Gasteiger partial charge in [0.25, 0.3) is 5.69 Å². The molecular formula is C28H34N2O6. The molecule has 8 nitrogen and oxygen atoms in total. The second-order valence-corrected chi connectivity index (χ2v) is 10.8. The van der Waals surface area contributed by atoms with Crippen LogP contribution in [0.2, 0.25) is 0 Å². The van der Waals surface area contributed by atoms with Crippen molar-refractivity contribution in [3.63, 3.8) is 0 Å². The SMILES string of the molecule is COc1c(OC)c2c([N+](=O)C(C)(C)C)ccc3c(OC)c(OC)c4c(N([O-])C(C)(C)C)ccc1c4c32. The van der Waals surface area contributed by atoms with Crippen LogP contribution < -0.4 is 24.0 Å². The van der Waals surface area contributed by atoms with Crippen molar-refractivity contribution in [1.29, 1.82) is 0 Å². The van der Waals surface area contributed by atoms with E-state index in [-0.39, 0.29) is 0 Å². The number of rotatable bonds is 6. The monoisotopic (exact) mass is 494 g/mol. The Morgan fingerprint density at radius 1 is 0.667 bits per heavy atom. The van der Waals surface area contributed by atoms with Crippen molar-refractivity contribution in [2.24, 2.45) is 0 Å². The van der Waals surface area contributed by atoms with E-state index in [1.165, 1.54) is 0 Å². The van der Waals surface area contributed by atoms with E-state index in [4.69, 9.17) is 18.9 Å². The maximum Gasteiger partial charge on any atom is 0.268 e. The van der Waals surface area contributed by atoms with Gasteiger partial charge in [-0.05, 0) is 39.0 Å². The molecule has 8 heteroatoms. The van der Waals surface area contributed by atoms with Crippen molar-refractivity contribution in [2.75, 3.05) is 33.5 Å². The molecular weight excluding hydrogens is 460 g/mol. The van der Waals surface area contributed by atoms with Gasteiger partial charge < -0.3 is 29.2 Å². The molecule has 0 aliphatic heterocycles. The van der Waals surface area contributed by atoms with Crippen LogP contribution in [0.15, 0.2) is 24.3 Å². The van der Waals surface area contributed by atoms with E-state index in [1.54, 1.807) is 40.6 Å². The maximum absolute atomic E-state index is 13.6. The lowest BCUT2D eigenvalue weighted by Crippen LogP contribution is -2.36. The highest BCUT2D eigenvalue weighted by molar-refractivity contribution is 6.33. The number of hydroxylamine groups is 1. The zero-order valence-corrected chi connectivity index (χ0v) is 22.7. The molecule has 0 aliphatic rings. The second kappa shape index (κ2) is 8.55. The largest absolute Gasteiger partial charge is 0.758 e. The summed E-state index contributed by atoms with van der Waals surface area (Å²) in [7, 11) is 6.24. The number of nitrogens with zero attached hydrogens (tertiary/aromatic N) is 2. The van der Waals surface area contributed by atoms with Crippen LogP contribution >= 0.6 is 0 Å². The molecule has 4 aromatic rings. The summed E-state index contributed by atoms with van der Waals surface area (Å²) >= 11 is 0. The van der Waals surface area contributed by atoms with E-state index >= 15 is 0 Å². The zero-order chi connectivity index (χ0) is 26.7. The van der Waals surface area contributed by atoms with Gasteiger partial charge in [-0.15, -0.1) is 0 Å². The van der Waals surface area contributed by atoms with Gasteiger partial charge in [-0.3, -0.25) is 0 Å². The number of ether oxygens (including phenoxy) is 4. The van der Waals surface area contributed by atoms with Gasteiger partial charge in [0.15, 0.2) is 23.0 Å². The quantitative estimate of drug-likeness (QED) is 0.163. The first-order chi connectivity index (χ1) is 16.8. The summed E-state index contributed by atoms with van der Waals surface area (Å²) in [5.41, 5.74) is -0.570. The molecule has 0 bridgehead atoms. The highest BCUT2D eigenvalue weighted by atomic mass is 16.5. The van der Waals surface area contributed by atoms with E-state index in [0.29, 0.717) is 45.1 Å². The van der Waals surface area contributed by atoms with Gasteiger partial charge in [0.1, 0.15) is 5.39 Å². The minimum Gasteiger partial charge on any atom is -0.758 e. The van der Waals surface area contributed by atoms with Gasteiger partial charge in [0.2, 0.25) is 5.54 Å². The highest BCUT2D eigenvalue weighted by Crippen LogP contribution is 2.57. The zero-order valence-electron chi connectivity index (χ0n) is 22.7. The number of nitroso groups, excluding NO2 is 1. The van der Waals surface area contributed by atoms with Crippen LogP contribution in [0, 0.1) is 10.1 Å². The molecule has 0 N–H and O–H groups in total. The molecule has 0 amide bonds. The van der Waals surface area contributed by atoms with Crippen LogP contribution in [0.4, 0.5) is 11.4 Å². The van der Waals surface area contributed by atoms with Gasteiger partial charge in [-0.1, -0.05) is 0 Å². The summed E-state index contributed by atoms with van der Waals surface area (Å²) in [6.07, 6.45) is 0. The molecule has 0 fully saturated rings. The Hall–Kier alpha value is -3.52. The van der Waals surface area contributed by atoms with Crippen molar-refractivity contribution in [3.8, 4) is 23.0 Å². The Morgan fingerprint density at radius 2 is 1.11 bits per heavy atom.